The van der Waals surface area contributed by atoms with Crippen molar-refractivity contribution in [1.82, 2.24) is 9.55 Å². The van der Waals surface area contributed by atoms with Crippen LogP contribution >= 0.6 is 11.3 Å². The van der Waals surface area contributed by atoms with Crippen molar-refractivity contribution in [3.05, 3.63) is 108 Å². The van der Waals surface area contributed by atoms with Gasteiger partial charge in [-0.25, -0.2) is 4.98 Å². The molecule has 156 valence electrons. The van der Waals surface area contributed by atoms with E-state index < -0.39 is 0 Å². The maximum Gasteiger partial charge on any atom is 0.271 e. The molecule has 0 aliphatic heterocycles. The molecule has 0 spiro atoms. The first kappa shape index (κ1) is 19.9. The van der Waals surface area contributed by atoms with Crippen LogP contribution in [0, 0.1) is 0 Å². The van der Waals surface area contributed by atoms with Crippen molar-refractivity contribution in [2.75, 3.05) is 5.32 Å². The topological polar surface area (TPSA) is 64.0 Å². The molecule has 0 radical (unpaired) electrons. The van der Waals surface area contributed by atoms with E-state index in [2.05, 4.69) is 10.3 Å². The molecule has 1 N–H and O–H groups in total. The average molecular weight is 438 g/mol. The van der Waals surface area contributed by atoms with E-state index >= 15 is 0 Å². The van der Waals surface area contributed by atoms with Crippen LogP contribution in [0.5, 0.6) is 0 Å². The molecule has 3 aromatic carbocycles. The number of fused-ring (bicyclic) bond motifs is 1. The summed E-state index contributed by atoms with van der Waals surface area (Å²) >= 11 is 1.39. The highest BCUT2D eigenvalue weighted by atomic mass is 32.1. The molecule has 0 saturated heterocycles. The third kappa shape index (κ3) is 3.96. The Morgan fingerprint density at radius 1 is 0.875 bits per heavy atom. The largest absolute Gasteiger partial charge is 0.324 e. The number of anilines is 1. The Hall–Kier alpha value is -4.03. The predicted molar refractivity (Wildman–Crippen MR) is 130 cm³/mol. The summed E-state index contributed by atoms with van der Waals surface area (Å²) < 4.78 is 1.90. The van der Waals surface area contributed by atoms with Crippen LogP contribution in [0.3, 0.4) is 0 Å². The Morgan fingerprint density at radius 2 is 1.53 bits per heavy atom. The smallest absolute Gasteiger partial charge is 0.271 e. The van der Waals surface area contributed by atoms with E-state index in [9.17, 15) is 9.59 Å². The van der Waals surface area contributed by atoms with Gasteiger partial charge in [-0.15, -0.1) is 11.3 Å². The van der Waals surface area contributed by atoms with Gasteiger partial charge < -0.3 is 5.32 Å². The van der Waals surface area contributed by atoms with Crippen molar-refractivity contribution in [3.8, 4) is 21.6 Å². The molecule has 0 aliphatic rings. The third-order valence-corrected chi connectivity index (χ3v) is 6.32. The molecular weight excluding hydrogens is 418 g/mol. The number of hydrogen-bond donors (Lipinski definition) is 1. The van der Waals surface area contributed by atoms with Crippen molar-refractivity contribution < 1.29 is 4.79 Å². The van der Waals surface area contributed by atoms with Crippen LogP contribution in [-0.4, -0.2) is 15.5 Å². The van der Waals surface area contributed by atoms with Gasteiger partial charge in [-0.05, 0) is 23.3 Å². The van der Waals surface area contributed by atoms with Gasteiger partial charge in [0.1, 0.15) is 11.2 Å². The molecule has 0 saturated carbocycles. The quantitative estimate of drug-likeness (QED) is 0.399. The highest BCUT2D eigenvalue weighted by molar-refractivity contribution is 7.22. The number of hydrogen-bond acceptors (Lipinski definition) is 4. The Morgan fingerprint density at radius 3 is 2.28 bits per heavy atom. The zero-order valence-electron chi connectivity index (χ0n) is 17.1. The normalized spacial score (nSPS) is 10.9. The van der Waals surface area contributed by atoms with Gasteiger partial charge in [0, 0.05) is 16.1 Å². The molecule has 5 aromatic rings. The van der Waals surface area contributed by atoms with E-state index in [0.29, 0.717) is 15.9 Å². The number of amides is 1. The molecule has 5 rings (SSSR count). The van der Waals surface area contributed by atoms with Crippen molar-refractivity contribution in [2.45, 2.75) is 6.54 Å². The van der Waals surface area contributed by atoms with E-state index in [0.717, 1.165) is 21.6 Å². The van der Waals surface area contributed by atoms with Gasteiger partial charge in [-0.2, -0.15) is 0 Å². The molecule has 2 heterocycles. The minimum atomic E-state index is -0.281. The summed E-state index contributed by atoms with van der Waals surface area (Å²) in [5.41, 5.74) is 4.10. The molecule has 0 aliphatic carbocycles. The molecule has 0 atom stereocenters. The van der Waals surface area contributed by atoms with Gasteiger partial charge in [-0.3, -0.25) is 14.2 Å². The molecule has 32 heavy (non-hydrogen) atoms. The first-order valence-electron chi connectivity index (χ1n) is 10.2. The molecule has 1 amide bonds. The first-order valence-corrected chi connectivity index (χ1v) is 11.0. The van der Waals surface area contributed by atoms with Gasteiger partial charge in [-0.1, -0.05) is 78.9 Å². The van der Waals surface area contributed by atoms with Crippen LogP contribution in [0.4, 0.5) is 5.69 Å². The van der Waals surface area contributed by atoms with Crippen LogP contribution in [0.25, 0.3) is 31.8 Å². The maximum atomic E-state index is 13.0. The van der Waals surface area contributed by atoms with E-state index in [1.165, 1.54) is 22.2 Å². The standard InChI is InChI=1S/C26H19N3O2S/c30-24(28-21-14-8-7-13-20(21)18-9-3-1-4-10-18)16-29-17-27-22-15-23(32-25(22)26(29)31)19-11-5-2-6-12-19/h1-15,17H,16H2,(H,28,30). The summed E-state index contributed by atoms with van der Waals surface area (Å²) in [6.45, 7) is -0.108. The average Bonchev–Trinajstić information content (AvgIpc) is 3.28. The fraction of sp³-hybridized carbons (Fsp3) is 0.0385. The Kier molecular flexibility index (Phi) is 5.35. The summed E-state index contributed by atoms with van der Waals surface area (Å²) in [7, 11) is 0. The number of benzene rings is 3. The lowest BCUT2D eigenvalue weighted by Crippen LogP contribution is -2.27. The highest BCUT2D eigenvalue weighted by Crippen LogP contribution is 2.30. The lowest BCUT2D eigenvalue weighted by Gasteiger charge is -2.12. The molecule has 0 fully saturated rings. The Labute approximate surface area is 188 Å². The summed E-state index contributed by atoms with van der Waals surface area (Å²) in [6.07, 6.45) is 1.44. The molecule has 2 aromatic heterocycles. The van der Waals surface area contributed by atoms with Crippen LogP contribution in [0.2, 0.25) is 0 Å². The predicted octanol–water partition coefficient (Wildman–Crippen LogP) is 5.43. The minimum Gasteiger partial charge on any atom is -0.324 e. The number of aromatic nitrogens is 2. The number of nitrogens with zero attached hydrogens (tertiary/aromatic N) is 2. The van der Waals surface area contributed by atoms with Gasteiger partial charge in [0.15, 0.2) is 0 Å². The van der Waals surface area contributed by atoms with Crippen LogP contribution < -0.4 is 10.9 Å². The summed E-state index contributed by atoms with van der Waals surface area (Å²) in [4.78, 5) is 31.2. The van der Waals surface area contributed by atoms with E-state index in [1.54, 1.807) is 0 Å². The van der Waals surface area contributed by atoms with Crippen molar-refractivity contribution >= 4 is 33.1 Å². The third-order valence-electron chi connectivity index (χ3n) is 5.16. The van der Waals surface area contributed by atoms with E-state index in [1.807, 2.05) is 91.0 Å². The summed E-state index contributed by atoms with van der Waals surface area (Å²) in [5, 5.41) is 2.94. The number of para-hydroxylation sites is 1. The fourth-order valence-electron chi connectivity index (χ4n) is 3.61. The van der Waals surface area contributed by atoms with Gasteiger partial charge in [0.2, 0.25) is 5.91 Å². The van der Waals surface area contributed by atoms with Crippen LogP contribution in [0.1, 0.15) is 0 Å². The lowest BCUT2D eigenvalue weighted by atomic mass is 10.0. The maximum absolute atomic E-state index is 13.0. The van der Waals surface area contributed by atoms with Crippen LogP contribution in [0.15, 0.2) is 102 Å². The van der Waals surface area contributed by atoms with Gasteiger partial charge in [0.05, 0.1) is 11.8 Å². The van der Waals surface area contributed by atoms with Crippen molar-refractivity contribution in [3.63, 3.8) is 0 Å². The molecule has 0 bridgehead atoms. The monoisotopic (exact) mass is 437 g/mol. The van der Waals surface area contributed by atoms with Crippen molar-refractivity contribution in [1.29, 1.82) is 0 Å². The van der Waals surface area contributed by atoms with Gasteiger partial charge >= 0.3 is 0 Å². The fourth-order valence-corrected chi connectivity index (χ4v) is 4.67. The lowest BCUT2D eigenvalue weighted by molar-refractivity contribution is -0.116. The summed E-state index contributed by atoms with van der Waals surface area (Å²) in [5.74, 6) is -0.281. The van der Waals surface area contributed by atoms with E-state index in [4.69, 9.17) is 0 Å². The number of thiophene rings is 1. The number of carbonyl (C=O) groups excluding carboxylic acids is 1. The number of rotatable bonds is 5. The number of nitrogens with one attached hydrogen (secondary N) is 1. The molecule has 5 nitrogen and oxygen atoms in total. The SMILES string of the molecule is O=C(Cn1cnc2cc(-c3ccccc3)sc2c1=O)Nc1ccccc1-c1ccccc1. The minimum absolute atomic E-state index is 0.108. The molecule has 6 heteroatoms. The zero-order valence-corrected chi connectivity index (χ0v) is 17.9. The zero-order chi connectivity index (χ0) is 21.9. The summed E-state index contributed by atoms with van der Waals surface area (Å²) in [6, 6.07) is 29.3. The molecular formula is C26H19N3O2S. The second-order valence-electron chi connectivity index (χ2n) is 7.33. The Bertz CT molecular complexity index is 1460. The van der Waals surface area contributed by atoms with E-state index in [-0.39, 0.29) is 18.0 Å². The second kappa shape index (κ2) is 8.61. The molecule has 0 unspecified atom stereocenters. The van der Waals surface area contributed by atoms with Crippen molar-refractivity contribution in [2.24, 2.45) is 0 Å². The van der Waals surface area contributed by atoms with Gasteiger partial charge in [0.25, 0.3) is 5.56 Å². The number of carbonyl (C=O) groups is 1. The highest BCUT2D eigenvalue weighted by Gasteiger charge is 2.13. The second-order valence-corrected chi connectivity index (χ2v) is 8.38. The van der Waals surface area contributed by atoms with Crippen LogP contribution in [-0.2, 0) is 11.3 Å². The Balaban J connectivity index is 1.40. The first-order chi connectivity index (χ1) is 15.7.